The molecule has 1 aromatic carbocycles. The third-order valence-corrected chi connectivity index (χ3v) is 5.06. The zero-order chi connectivity index (χ0) is 17.7. The molecule has 0 aliphatic carbocycles. The molecular weight excluding hydrogens is 384 g/mol. The lowest BCUT2D eigenvalue weighted by Crippen LogP contribution is -2.26. The van der Waals surface area contributed by atoms with Gasteiger partial charge in [-0.25, -0.2) is 4.98 Å². The number of aryl methyl sites for hydroxylation is 1. The Morgan fingerprint density at radius 2 is 2.00 bits per heavy atom. The Hall–Kier alpha value is -1.46. The first kappa shape index (κ1) is 18.9. The number of aromatic nitrogens is 1. The van der Waals surface area contributed by atoms with Crippen LogP contribution in [-0.4, -0.2) is 28.5 Å². The first-order valence-electron chi connectivity index (χ1n) is 8.04. The Bertz CT molecular complexity index is 706. The van der Waals surface area contributed by atoms with E-state index in [1.807, 2.05) is 39.1 Å². The minimum atomic E-state index is -0.0625. The fourth-order valence-electron chi connectivity index (χ4n) is 2.29. The lowest BCUT2D eigenvalue weighted by molar-refractivity contribution is 0.215. The summed E-state index contributed by atoms with van der Waals surface area (Å²) in [6.07, 6.45) is 0.651. The van der Waals surface area contributed by atoms with Crippen molar-refractivity contribution in [2.24, 2.45) is 0 Å². The van der Waals surface area contributed by atoms with E-state index < -0.39 is 0 Å². The lowest BCUT2D eigenvalue weighted by Gasteiger charge is -2.20. The molecule has 2 rings (SSSR count). The van der Waals surface area contributed by atoms with Gasteiger partial charge in [0.1, 0.15) is 6.10 Å². The Morgan fingerprint density at radius 1 is 1.33 bits per heavy atom. The Morgan fingerprint density at radius 3 is 2.62 bits per heavy atom. The molecule has 0 aliphatic heterocycles. The highest BCUT2D eigenvalue weighted by molar-refractivity contribution is 9.10. The highest BCUT2D eigenvalue weighted by atomic mass is 79.9. The van der Waals surface area contributed by atoms with Crippen LogP contribution in [0.2, 0.25) is 0 Å². The minimum absolute atomic E-state index is 0.0625. The van der Waals surface area contributed by atoms with E-state index in [4.69, 9.17) is 17.0 Å². The largest absolute Gasteiger partial charge is 0.469 e. The van der Waals surface area contributed by atoms with Crippen LogP contribution >= 0.6 is 28.1 Å². The highest BCUT2D eigenvalue weighted by Crippen LogP contribution is 2.29. The zero-order valence-electron chi connectivity index (χ0n) is 14.5. The van der Waals surface area contributed by atoms with E-state index in [0.717, 1.165) is 32.8 Å². The summed E-state index contributed by atoms with van der Waals surface area (Å²) in [5.41, 5.74) is 3.19. The van der Waals surface area contributed by atoms with Crippen molar-refractivity contribution in [1.82, 2.24) is 9.88 Å². The summed E-state index contributed by atoms with van der Waals surface area (Å²) in [6.45, 7) is 7.02. The fourth-order valence-corrected chi connectivity index (χ4v) is 3.04. The van der Waals surface area contributed by atoms with Crippen LogP contribution in [0.1, 0.15) is 36.8 Å². The number of pyridine rings is 1. The Labute approximate surface area is 158 Å². The summed E-state index contributed by atoms with van der Waals surface area (Å²) in [5, 5.41) is 0. The van der Waals surface area contributed by atoms with Crippen LogP contribution in [0.3, 0.4) is 0 Å². The molecular formula is C19H23BrN2OS. The van der Waals surface area contributed by atoms with Crippen molar-refractivity contribution in [1.29, 1.82) is 0 Å². The number of nitrogens with zero attached hydrogens (tertiary/aromatic N) is 2. The second kappa shape index (κ2) is 8.58. The number of hydrogen-bond acceptors (Lipinski definition) is 3. The second-order valence-corrected chi connectivity index (χ2v) is 7.10. The maximum atomic E-state index is 6.04. The standard InChI is InChI=1S/C19H23BrN2OS/c1-5-22(4)18(24)12-16-11-17(20)19(21-13(16)2)23-14(3)15-9-7-6-8-10-15/h6-11,14H,5,12H2,1-4H3. The molecule has 1 heterocycles. The quantitative estimate of drug-likeness (QED) is 0.621. The number of benzene rings is 1. The number of ether oxygens (including phenoxy) is 1. The van der Waals surface area contributed by atoms with E-state index >= 15 is 0 Å². The van der Waals surface area contributed by atoms with Crippen molar-refractivity contribution in [2.45, 2.75) is 33.3 Å². The molecule has 0 amide bonds. The molecule has 128 valence electrons. The summed E-state index contributed by atoms with van der Waals surface area (Å²) in [5.74, 6) is 0.613. The molecule has 1 unspecified atom stereocenters. The first-order valence-corrected chi connectivity index (χ1v) is 9.24. The molecule has 0 saturated carbocycles. The van der Waals surface area contributed by atoms with Gasteiger partial charge in [0.25, 0.3) is 0 Å². The molecule has 1 atom stereocenters. The van der Waals surface area contributed by atoms with Gasteiger partial charge in [-0.05, 0) is 53.9 Å². The third-order valence-electron chi connectivity index (χ3n) is 4.04. The SMILES string of the molecule is CCN(C)C(=S)Cc1cc(Br)c(OC(C)c2ccccc2)nc1C. The van der Waals surface area contributed by atoms with E-state index in [0.29, 0.717) is 12.3 Å². The molecule has 0 spiro atoms. The van der Waals surface area contributed by atoms with Crippen LogP contribution in [0.4, 0.5) is 0 Å². The maximum Gasteiger partial charge on any atom is 0.228 e. The normalized spacial score (nSPS) is 11.9. The number of rotatable bonds is 6. The summed E-state index contributed by atoms with van der Waals surface area (Å²) in [7, 11) is 2.01. The molecule has 0 bridgehead atoms. The molecule has 5 heteroatoms. The van der Waals surface area contributed by atoms with Gasteiger partial charge in [0, 0.05) is 25.7 Å². The van der Waals surface area contributed by atoms with Crippen LogP contribution in [0.25, 0.3) is 0 Å². The van der Waals surface area contributed by atoms with E-state index in [-0.39, 0.29) is 6.10 Å². The Balaban J connectivity index is 2.16. The van der Waals surface area contributed by atoms with Gasteiger partial charge in [-0.2, -0.15) is 0 Å². The predicted molar refractivity (Wildman–Crippen MR) is 107 cm³/mol. The van der Waals surface area contributed by atoms with Crippen LogP contribution < -0.4 is 4.74 Å². The van der Waals surface area contributed by atoms with Gasteiger partial charge >= 0.3 is 0 Å². The molecule has 0 N–H and O–H groups in total. The lowest BCUT2D eigenvalue weighted by atomic mass is 10.1. The van der Waals surface area contributed by atoms with Crippen molar-refractivity contribution < 1.29 is 4.74 Å². The van der Waals surface area contributed by atoms with Gasteiger partial charge in [0.15, 0.2) is 0 Å². The smallest absolute Gasteiger partial charge is 0.228 e. The van der Waals surface area contributed by atoms with E-state index in [1.165, 1.54) is 0 Å². The topological polar surface area (TPSA) is 25.4 Å². The number of likely N-dealkylation sites (N-methyl/N-ethyl adjacent to an activating group) is 1. The monoisotopic (exact) mass is 406 g/mol. The van der Waals surface area contributed by atoms with Crippen LogP contribution in [0.5, 0.6) is 5.88 Å². The van der Waals surface area contributed by atoms with Crippen molar-refractivity contribution >= 4 is 33.1 Å². The van der Waals surface area contributed by atoms with Gasteiger partial charge in [0.05, 0.1) is 9.46 Å². The minimum Gasteiger partial charge on any atom is -0.469 e. The molecule has 3 nitrogen and oxygen atoms in total. The average Bonchev–Trinajstić information content (AvgIpc) is 2.59. The number of hydrogen-bond donors (Lipinski definition) is 0. The molecule has 1 aromatic heterocycles. The summed E-state index contributed by atoms with van der Waals surface area (Å²) in [6, 6.07) is 12.2. The van der Waals surface area contributed by atoms with Crippen molar-refractivity contribution in [2.75, 3.05) is 13.6 Å². The van der Waals surface area contributed by atoms with Crippen molar-refractivity contribution in [3.05, 3.63) is 57.7 Å². The number of thiocarbonyl (C=S) groups is 1. The molecule has 0 fully saturated rings. The van der Waals surface area contributed by atoms with E-state index in [2.05, 4.69) is 50.9 Å². The summed E-state index contributed by atoms with van der Waals surface area (Å²) in [4.78, 5) is 7.62. The van der Waals surface area contributed by atoms with Crippen LogP contribution in [0.15, 0.2) is 40.9 Å². The predicted octanol–water partition coefficient (Wildman–Crippen LogP) is 5.11. The molecule has 0 saturated heterocycles. The van der Waals surface area contributed by atoms with E-state index in [9.17, 15) is 0 Å². The van der Waals surface area contributed by atoms with Gasteiger partial charge in [-0.15, -0.1) is 0 Å². The number of halogens is 1. The fraction of sp³-hybridized carbons (Fsp3) is 0.368. The first-order chi connectivity index (χ1) is 11.4. The van der Waals surface area contributed by atoms with Crippen molar-refractivity contribution in [3.8, 4) is 5.88 Å². The van der Waals surface area contributed by atoms with Crippen molar-refractivity contribution in [3.63, 3.8) is 0 Å². The van der Waals surface area contributed by atoms with Crippen LogP contribution in [-0.2, 0) is 6.42 Å². The van der Waals surface area contributed by atoms with Crippen LogP contribution in [0, 0.1) is 6.92 Å². The second-order valence-electron chi connectivity index (χ2n) is 5.78. The zero-order valence-corrected chi connectivity index (χ0v) is 16.9. The van der Waals surface area contributed by atoms with Gasteiger partial charge < -0.3 is 9.64 Å². The molecule has 2 aromatic rings. The van der Waals surface area contributed by atoms with Gasteiger partial charge in [0.2, 0.25) is 5.88 Å². The molecule has 0 radical (unpaired) electrons. The molecule has 0 aliphatic rings. The maximum absolute atomic E-state index is 6.04. The summed E-state index contributed by atoms with van der Waals surface area (Å²) >= 11 is 9.06. The average molecular weight is 407 g/mol. The van der Waals surface area contributed by atoms with Gasteiger partial charge in [-0.3, -0.25) is 0 Å². The Kier molecular flexibility index (Phi) is 6.75. The van der Waals surface area contributed by atoms with E-state index in [1.54, 1.807) is 0 Å². The van der Waals surface area contributed by atoms with Gasteiger partial charge in [-0.1, -0.05) is 42.5 Å². The molecule has 24 heavy (non-hydrogen) atoms. The highest BCUT2D eigenvalue weighted by Gasteiger charge is 2.14. The third kappa shape index (κ3) is 4.77. The summed E-state index contributed by atoms with van der Waals surface area (Å²) < 4.78 is 6.89.